The molecular weight excluding hydrogens is 573 g/mol. The summed E-state index contributed by atoms with van der Waals surface area (Å²) in [7, 11) is 0. The monoisotopic (exact) mass is 606 g/mol. The number of imidazole rings is 1. The quantitative estimate of drug-likeness (QED) is 0.219. The van der Waals surface area contributed by atoms with Gasteiger partial charge in [-0.2, -0.15) is 23.1 Å². The van der Waals surface area contributed by atoms with E-state index < -0.39 is 12.1 Å². The topological polar surface area (TPSA) is 135 Å². The van der Waals surface area contributed by atoms with E-state index in [0.717, 1.165) is 59.8 Å². The number of aromatic nitrogens is 5. The van der Waals surface area contributed by atoms with Crippen molar-refractivity contribution < 1.29 is 23.1 Å². The number of carbonyl (C=O) groups is 1. The van der Waals surface area contributed by atoms with E-state index in [1.807, 2.05) is 18.6 Å². The number of para-hydroxylation sites is 1. The van der Waals surface area contributed by atoms with Crippen LogP contribution in [0.4, 0.5) is 24.9 Å². The van der Waals surface area contributed by atoms with Crippen LogP contribution in [-0.2, 0) is 11.3 Å². The Labute approximate surface area is 251 Å². The lowest BCUT2D eigenvalue weighted by atomic mass is 9.96. The highest BCUT2D eigenvalue weighted by atomic mass is 19.4. The highest BCUT2D eigenvalue weighted by Crippen LogP contribution is 2.31. The van der Waals surface area contributed by atoms with Crippen LogP contribution in [0, 0.1) is 0 Å². The summed E-state index contributed by atoms with van der Waals surface area (Å²) in [5.74, 6) is -1.27. The van der Waals surface area contributed by atoms with Gasteiger partial charge < -0.3 is 25.6 Å². The van der Waals surface area contributed by atoms with Gasteiger partial charge in [0.25, 0.3) is 0 Å². The fraction of sp³-hybridized carbons (Fsp3) is 0.323. The molecular formula is C31H33F3N8O2. The molecule has 3 aromatic heterocycles. The molecule has 1 saturated heterocycles. The number of alkyl halides is 3. The number of aliphatic carboxylic acids is 1. The van der Waals surface area contributed by atoms with Gasteiger partial charge in [-0.1, -0.05) is 42.5 Å². The highest BCUT2D eigenvalue weighted by molar-refractivity contribution is 5.95. The van der Waals surface area contributed by atoms with Crippen molar-refractivity contribution in [2.24, 2.45) is 5.73 Å². The zero-order chi connectivity index (χ0) is 31.4. The lowest BCUT2D eigenvalue weighted by Gasteiger charge is -2.30. The third-order valence-corrected chi connectivity index (χ3v) is 7.43. The molecule has 0 atom stereocenters. The third-order valence-electron chi connectivity index (χ3n) is 7.43. The molecule has 4 N–H and O–H groups in total. The Balaban J connectivity index is 0.000000493. The SMILES string of the molecule is CC(C)n1cnc2c(NCc3ccccc3-c3ccnc4ccccc34)nc(N3CCC(N)CC3)nc21.O=C(O)C(F)(F)F. The van der Waals surface area contributed by atoms with Crippen LogP contribution in [0.25, 0.3) is 33.2 Å². The maximum absolute atomic E-state index is 10.6. The van der Waals surface area contributed by atoms with Gasteiger partial charge in [-0.05, 0) is 55.5 Å². The first-order valence-corrected chi connectivity index (χ1v) is 14.2. The molecule has 10 nitrogen and oxygen atoms in total. The Morgan fingerprint density at radius 1 is 1.02 bits per heavy atom. The molecule has 0 bridgehead atoms. The highest BCUT2D eigenvalue weighted by Gasteiger charge is 2.38. The predicted octanol–water partition coefficient (Wildman–Crippen LogP) is 5.80. The van der Waals surface area contributed by atoms with Gasteiger partial charge in [0, 0.05) is 43.3 Å². The van der Waals surface area contributed by atoms with Gasteiger partial charge in [0.1, 0.15) is 0 Å². The minimum Gasteiger partial charge on any atom is -0.475 e. The number of carboxylic acid groups (broad SMARTS) is 1. The van der Waals surface area contributed by atoms with Crippen LogP contribution in [0.2, 0.25) is 0 Å². The molecule has 0 unspecified atom stereocenters. The number of hydrogen-bond donors (Lipinski definition) is 3. The number of pyridine rings is 1. The molecule has 230 valence electrons. The average Bonchev–Trinajstić information content (AvgIpc) is 3.45. The van der Waals surface area contributed by atoms with Crippen LogP contribution in [-0.4, -0.2) is 60.9 Å². The summed E-state index contributed by atoms with van der Waals surface area (Å²) in [6.45, 7) is 6.62. The van der Waals surface area contributed by atoms with E-state index in [1.54, 1.807) is 0 Å². The molecule has 5 aromatic rings. The van der Waals surface area contributed by atoms with E-state index in [4.69, 9.17) is 30.6 Å². The van der Waals surface area contributed by atoms with Crippen molar-refractivity contribution in [3.8, 4) is 11.1 Å². The summed E-state index contributed by atoms with van der Waals surface area (Å²) in [6, 6.07) is 19.4. The molecule has 6 rings (SSSR count). The maximum atomic E-state index is 10.6. The molecule has 1 aliphatic rings. The minimum absolute atomic E-state index is 0.246. The summed E-state index contributed by atoms with van der Waals surface area (Å²) in [5, 5.41) is 11.9. The molecule has 2 aromatic carbocycles. The lowest BCUT2D eigenvalue weighted by Crippen LogP contribution is -2.40. The van der Waals surface area contributed by atoms with Crippen LogP contribution >= 0.6 is 0 Å². The molecule has 1 fully saturated rings. The van der Waals surface area contributed by atoms with Crippen LogP contribution in [0.3, 0.4) is 0 Å². The first-order chi connectivity index (χ1) is 21.0. The molecule has 0 saturated carbocycles. The number of rotatable bonds is 6. The number of nitrogens with zero attached hydrogens (tertiary/aromatic N) is 6. The second-order valence-corrected chi connectivity index (χ2v) is 10.8. The molecule has 1 aliphatic heterocycles. The Morgan fingerprint density at radius 3 is 2.41 bits per heavy atom. The fourth-order valence-corrected chi connectivity index (χ4v) is 5.09. The molecule has 0 radical (unpaired) electrons. The second-order valence-electron chi connectivity index (χ2n) is 10.8. The van der Waals surface area contributed by atoms with Crippen LogP contribution in [0.5, 0.6) is 0 Å². The summed E-state index contributed by atoms with van der Waals surface area (Å²) in [4.78, 5) is 30.3. The van der Waals surface area contributed by atoms with Gasteiger partial charge in [-0.25, -0.2) is 9.78 Å². The molecule has 13 heteroatoms. The van der Waals surface area contributed by atoms with E-state index in [1.165, 1.54) is 16.7 Å². The summed E-state index contributed by atoms with van der Waals surface area (Å²) >= 11 is 0. The van der Waals surface area contributed by atoms with Crippen molar-refractivity contribution in [1.82, 2.24) is 24.5 Å². The van der Waals surface area contributed by atoms with Gasteiger partial charge in [0.05, 0.1) is 11.8 Å². The number of benzene rings is 2. The number of halogens is 3. The van der Waals surface area contributed by atoms with Gasteiger partial charge in [-0.15, -0.1) is 0 Å². The number of piperidine rings is 1. The zero-order valence-electron chi connectivity index (χ0n) is 24.3. The van der Waals surface area contributed by atoms with Gasteiger partial charge in [-0.3, -0.25) is 4.98 Å². The smallest absolute Gasteiger partial charge is 0.475 e. The first kappa shape index (κ1) is 30.7. The number of hydrogen-bond acceptors (Lipinski definition) is 8. The normalized spacial score (nSPS) is 14.1. The predicted molar refractivity (Wildman–Crippen MR) is 163 cm³/mol. The van der Waals surface area contributed by atoms with E-state index in [2.05, 4.69) is 82.1 Å². The summed E-state index contributed by atoms with van der Waals surface area (Å²) in [6.07, 6.45) is 0.551. The first-order valence-electron chi connectivity index (χ1n) is 14.2. The van der Waals surface area contributed by atoms with Crippen LogP contribution in [0.1, 0.15) is 38.3 Å². The van der Waals surface area contributed by atoms with Gasteiger partial charge in [0.15, 0.2) is 17.0 Å². The van der Waals surface area contributed by atoms with Crippen LogP contribution < -0.4 is 16.0 Å². The van der Waals surface area contributed by atoms with Crippen molar-refractivity contribution in [2.75, 3.05) is 23.3 Å². The zero-order valence-corrected chi connectivity index (χ0v) is 24.3. The molecule has 0 spiro atoms. The Morgan fingerprint density at radius 2 is 1.70 bits per heavy atom. The summed E-state index contributed by atoms with van der Waals surface area (Å²) in [5.41, 5.74) is 12.3. The average molecular weight is 607 g/mol. The molecule has 0 amide bonds. The number of nitrogens with two attached hydrogens (primary N) is 1. The van der Waals surface area contributed by atoms with E-state index in [0.29, 0.717) is 6.54 Å². The van der Waals surface area contributed by atoms with Crippen LogP contribution in [0.15, 0.2) is 67.1 Å². The molecule has 4 heterocycles. The largest absolute Gasteiger partial charge is 0.490 e. The minimum atomic E-state index is -5.08. The van der Waals surface area contributed by atoms with Crippen molar-refractivity contribution >= 4 is 39.8 Å². The summed E-state index contributed by atoms with van der Waals surface area (Å²) < 4.78 is 33.8. The van der Waals surface area contributed by atoms with E-state index in [9.17, 15) is 13.2 Å². The third kappa shape index (κ3) is 6.72. The maximum Gasteiger partial charge on any atom is 0.490 e. The second kappa shape index (κ2) is 12.8. The van der Waals surface area contributed by atoms with E-state index >= 15 is 0 Å². The van der Waals surface area contributed by atoms with Crippen molar-refractivity contribution in [3.63, 3.8) is 0 Å². The lowest BCUT2D eigenvalue weighted by molar-refractivity contribution is -0.192. The fourth-order valence-electron chi connectivity index (χ4n) is 5.09. The van der Waals surface area contributed by atoms with Gasteiger partial charge >= 0.3 is 12.1 Å². The standard InChI is InChI=1S/C29H32N8.C2HF3O2/c1-19(2)37-18-33-26-27(34-29(35-28(26)37)36-15-12-21(30)13-16-36)32-17-20-7-3-4-8-22(20)23-11-14-31-25-10-6-5-9-24(23)25;3-2(4,5)1(6)7/h3-11,14,18-19,21H,12-13,15-17,30H2,1-2H3,(H,32,34,35);(H,6,7). The Hall–Kier alpha value is -4.78. The van der Waals surface area contributed by atoms with Crippen molar-refractivity contribution in [1.29, 1.82) is 0 Å². The number of carboxylic acids is 1. The van der Waals surface area contributed by atoms with E-state index in [-0.39, 0.29) is 12.1 Å². The molecule has 0 aliphatic carbocycles. The number of fused-ring (bicyclic) bond motifs is 2. The Bertz CT molecular complexity index is 1760. The molecule has 44 heavy (non-hydrogen) atoms. The Kier molecular flexibility index (Phi) is 8.95. The number of nitrogens with one attached hydrogen (secondary N) is 1. The van der Waals surface area contributed by atoms with Gasteiger partial charge in [0.2, 0.25) is 5.95 Å². The number of anilines is 2. The van der Waals surface area contributed by atoms with Crippen molar-refractivity contribution in [2.45, 2.75) is 51.5 Å². The van der Waals surface area contributed by atoms with Crippen molar-refractivity contribution in [3.05, 3.63) is 72.7 Å².